The van der Waals surface area contributed by atoms with E-state index in [2.05, 4.69) is 7.28 Å². The van der Waals surface area contributed by atoms with E-state index < -0.39 is 0 Å². The van der Waals surface area contributed by atoms with Crippen molar-refractivity contribution in [2.45, 2.75) is 0 Å². The molecule has 0 aromatic rings. The van der Waals surface area contributed by atoms with Crippen LogP contribution in [0, 0.1) is 0 Å². The molecule has 0 aliphatic carbocycles. The summed E-state index contributed by atoms with van der Waals surface area (Å²) in [6.07, 6.45) is 0. The zero-order chi connectivity index (χ0) is 3.41. The lowest BCUT2D eigenvalue weighted by Crippen LogP contribution is -2.05. The van der Waals surface area contributed by atoms with E-state index in [1.807, 2.05) is 45.7 Å². The third kappa shape index (κ3) is 3.38. The Morgan fingerprint density at radius 1 is 1.00 bits per heavy atom. The fraction of sp³-hybridized carbons (Fsp3) is 0. The molecule has 4 heteroatoms. The SMILES string of the molecule is INNI. The molecule has 0 bridgehead atoms. The van der Waals surface area contributed by atoms with Crippen molar-refractivity contribution in [1.29, 1.82) is 0 Å². The Hall–Kier alpha value is 1.38. The van der Waals surface area contributed by atoms with Crippen molar-refractivity contribution < 1.29 is 0 Å². The lowest BCUT2D eigenvalue weighted by atomic mass is 13.0. The molecule has 2 nitrogen and oxygen atoms in total. The highest BCUT2D eigenvalue weighted by molar-refractivity contribution is 14.1. The molecule has 4 heavy (non-hydrogen) atoms. The van der Waals surface area contributed by atoms with E-state index in [1.165, 1.54) is 0 Å². The summed E-state index contributed by atoms with van der Waals surface area (Å²) in [6, 6.07) is 0. The first-order valence-electron chi connectivity index (χ1n) is 0.628. The van der Waals surface area contributed by atoms with Gasteiger partial charge >= 0.3 is 0 Å². The summed E-state index contributed by atoms with van der Waals surface area (Å²) in [5.74, 6) is 0. The van der Waals surface area contributed by atoms with Crippen molar-refractivity contribution >= 4 is 45.7 Å². The van der Waals surface area contributed by atoms with Crippen molar-refractivity contribution in [3.8, 4) is 0 Å². The third-order valence-corrected chi connectivity index (χ3v) is 1.61. The van der Waals surface area contributed by atoms with Crippen LogP contribution in [-0.2, 0) is 0 Å². The highest BCUT2D eigenvalue weighted by atomic mass is 127. The summed E-state index contributed by atoms with van der Waals surface area (Å²) >= 11 is 3.97. The zero-order valence-corrected chi connectivity index (χ0v) is 6.07. The Bertz CT molecular complexity index is 6.00. The van der Waals surface area contributed by atoms with Gasteiger partial charge in [-0.2, -0.15) is 7.28 Å². The maximum absolute atomic E-state index is 2.64. The van der Waals surface area contributed by atoms with E-state index in [0.29, 0.717) is 0 Å². The first-order chi connectivity index (χ1) is 1.91. The molecule has 0 atom stereocenters. The van der Waals surface area contributed by atoms with Gasteiger partial charge in [0.1, 0.15) is 0 Å². The molecule has 0 aromatic carbocycles. The summed E-state index contributed by atoms with van der Waals surface area (Å²) in [5, 5.41) is 0. The molecule has 0 aromatic heterocycles. The van der Waals surface area contributed by atoms with Gasteiger partial charge in [0.05, 0.1) is 0 Å². The molecule has 0 aliphatic heterocycles. The van der Waals surface area contributed by atoms with Crippen LogP contribution in [-0.4, -0.2) is 0 Å². The predicted octanol–water partition coefficient (Wildman–Crippen LogP) is 0.781. The third-order valence-electron chi connectivity index (χ3n) is 0.0357. The van der Waals surface area contributed by atoms with Gasteiger partial charge in [-0.1, -0.05) is 0 Å². The van der Waals surface area contributed by atoms with Crippen LogP contribution in [0.5, 0.6) is 0 Å². The molecule has 0 saturated heterocycles. The van der Waals surface area contributed by atoms with Gasteiger partial charge in [-0.15, -0.1) is 0 Å². The maximum atomic E-state index is 2.64. The van der Waals surface area contributed by atoms with Gasteiger partial charge in [0.2, 0.25) is 0 Å². The Morgan fingerprint density at radius 3 is 1.25 bits per heavy atom. The highest BCUT2D eigenvalue weighted by Crippen LogP contribution is 1.63. The van der Waals surface area contributed by atoms with Crippen molar-refractivity contribution in [3.63, 3.8) is 0 Å². The first-order valence-corrected chi connectivity index (χ1v) is 2.79. The van der Waals surface area contributed by atoms with Crippen LogP contribution >= 0.6 is 45.7 Å². The summed E-state index contributed by atoms with van der Waals surface area (Å²) in [6.45, 7) is 0. The van der Waals surface area contributed by atoms with Crippen LogP contribution in [0.4, 0.5) is 0 Å². The predicted molar refractivity (Wildman–Crippen MR) is 34.3 cm³/mol. The van der Waals surface area contributed by atoms with Crippen molar-refractivity contribution in [2.75, 3.05) is 0 Å². The van der Waals surface area contributed by atoms with E-state index in [9.17, 15) is 0 Å². The van der Waals surface area contributed by atoms with E-state index >= 15 is 0 Å². The lowest BCUT2D eigenvalue weighted by Gasteiger charge is -1.75. The molecule has 0 saturated carbocycles. The summed E-state index contributed by atoms with van der Waals surface area (Å²) in [7, 11) is 0. The van der Waals surface area contributed by atoms with Crippen LogP contribution in [0.15, 0.2) is 0 Å². The minimum atomic E-state index is 1.98. The highest BCUT2D eigenvalue weighted by Gasteiger charge is 1.50. The molecular formula is H2I2N2. The second-order valence-corrected chi connectivity index (χ2v) is 1.27. The molecule has 0 fully saturated rings. The number of rotatable bonds is 1. The molecule has 0 heterocycles. The van der Waals surface area contributed by atoms with Gasteiger partial charge in [-0.05, 0) is 0 Å². The maximum Gasteiger partial charge on any atom is 0.0341 e. The van der Waals surface area contributed by atoms with Gasteiger partial charge < -0.3 is 0 Å². The van der Waals surface area contributed by atoms with Crippen LogP contribution < -0.4 is 7.28 Å². The molecule has 0 rings (SSSR count). The van der Waals surface area contributed by atoms with Crippen molar-refractivity contribution in [2.24, 2.45) is 0 Å². The summed E-state index contributed by atoms with van der Waals surface area (Å²) in [4.78, 5) is 0. The van der Waals surface area contributed by atoms with Gasteiger partial charge in [0, 0.05) is 45.7 Å². The number of hydrogen-bond acceptors (Lipinski definition) is 2. The zero-order valence-electron chi connectivity index (χ0n) is 1.76. The Balaban J connectivity index is 1.97. The number of hydrogen-bond donors (Lipinski definition) is 2. The lowest BCUT2D eigenvalue weighted by molar-refractivity contribution is 1.10. The number of halogens is 2. The van der Waals surface area contributed by atoms with Gasteiger partial charge in [-0.25, -0.2) is 0 Å². The smallest absolute Gasteiger partial charge is 0.0341 e. The quantitative estimate of drug-likeness (QED) is 0.422. The standard InChI is InChI=1S/H2I2N2/c1-3-4-2/h3-4H. The monoisotopic (exact) mass is 284 g/mol. The molecule has 0 unspecified atom stereocenters. The molecule has 0 radical (unpaired) electrons. The van der Waals surface area contributed by atoms with E-state index in [-0.39, 0.29) is 0 Å². The van der Waals surface area contributed by atoms with E-state index in [4.69, 9.17) is 0 Å². The fourth-order valence-electron chi connectivity index (χ4n) is 0. The topological polar surface area (TPSA) is 24.1 Å². The van der Waals surface area contributed by atoms with Gasteiger partial charge in [0.25, 0.3) is 0 Å². The van der Waals surface area contributed by atoms with Crippen LogP contribution in [0.2, 0.25) is 0 Å². The molecular weight excluding hydrogens is 282 g/mol. The van der Waals surface area contributed by atoms with Crippen LogP contribution in [0.25, 0.3) is 0 Å². The second kappa shape index (κ2) is 4.38. The summed E-state index contributed by atoms with van der Waals surface area (Å²) < 4.78 is 5.27. The van der Waals surface area contributed by atoms with Gasteiger partial charge in [-0.3, -0.25) is 0 Å². The van der Waals surface area contributed by atoms with Gasteiger partial charge in [0.15, 0.2) is 0 Å². The number of nitrogens with one attached hydrogen (secondary N) is 2. The first kappa shape index (κ1) is 5.38. The Morgan fingerprint density at radius 2 is 1.25 bits per heavy atom. The summed E-state index contributed by atoms with van der Waals surface area (Å²) in [5.41, 5.74) is 0. The normalized spacial score (nSPS) is 7.50. The average molecular weight is 284 g/mol. The largest absolute Gasteiger partial charge is 0.189 e. The fourth-order valence-corrected chi connectivity index (χ4v) is 0. The van der Waals surface area contributed by atoms with Crippen LogP contribution in [0.1, 0.15) is 0 Å². The van der Waals surface area contributed by atoms with E-state index in [1.54, 1.807) is 0 Å². The molecule has 2 N–H and O–H groups in total. The molecule has 26 valence electrons. The van der Waals surface area contributed by atoms with Crippen molar-refractivity contribution in [3.05, 3.63) is 0 Å². The molecule has 0 amide bonds. The van der Waals surface area contributed by atoms with Crippen molar-refractivity contribution in [1.82, 2.24) is 7.28 Å². The Labute approximate surface area is 52.7 Å². The average Bonchev–Trinajstić information content (AvgIpc) is 1.37. The van der Waals surface area contributed by atoms with Crippen LogP contribution in [0.3, 0.4) is 0 Å². The minimum absolute atomic E-state index is 1.98. The molecule has 0 aliphatic rings. The molecule has 0 spiro atoms. The second-order valence-electron chi connectivity index (χ2n) is 0.189. The number of hydrazine groups is 1. The van der Waals surface area contributed by atoms with E-state index in [0.717, 1.165) is 0 Å². The minimum Gasteiger partial charge on any atom is -0.189 e. The Kier molecular flexibility index (Phi) is 5.89.